The maximum atomic E-state index is 12.8. The van der Waals surface area contributed by atoms with Crippen molar-refractivity contribution in [3.8, 4) is 0 Å². The van der Waals surface area contributed by atoms with E-state index in [1.165, 1.54) is 6.07 Å². The summed E-state index contributed by atoms with van der Waals surface area (Å²) < 4.78 is 38.3. The Bertz CT molecular complexity index is 709. The number of halogens is 3. The highest BCUT2D eigenvalue weighted by atomic mass is 19.4. The van der Waals surface area contributed by atoms with Crippen LogP contribution in [-0.2, 0) is 6.18 Å². The number of pyridine rings is 1. The number of likely N-dealkylation sites (tertiary alicyclic amines) is 1. The van der Waals surface area contributed by atoms with Gasteiger partial charge < -0.3 is 16.0 Å². The topological polar surface area (TPSA) is 80.0 Å². The van der Waals surface area contributed by atoms with Crippen LogP contribution in [0.5, 0.6) is 0 Å². The van der Waals surface area contributed by atoms with E-state index in [-0.39, 0.29) is 23.5 Å². The Morgan fingerprint density at radius 2 is 1.87 bits per heavy atom. The second kappa shape index (κ2) is 5.80. The Morgan fingerprint density at radius 3 is 2.52 bits per heavy atom. The minimum atomic E-state index is -4.52. The van der Waals surface area contributed by atoms with Crippen LogP contribution in [0, 0.1) is 0 Å². The molecule has 0 amide bonds. The predicted molar refractivity (Wildman–Crippen MR) is 80.9 cm³/mol. The Hall–Kier alpha value is -2.16. The summed E-state index contributed by atoms with van der Waals surface area (Å²) in [7, 11) is 2.04. The number of nitrogens with one attached hydrogen (secondary N) is 1. The third kappa shape index (κ3) is 3.44. The molecule has 1 saturated heterocycles. The first-order valence-corrected chi connectivity index (χ1v) is 7.29. The van der Waals surface area contributed by atoms with E-state index in [4.69, 9.17) is 5.73 Å². The lowest BCUT2D eigenvalue weighted by Gasteiger charge is -2.29. The standard InChI is InChI=1S/C14H17F3N6/c1-23-6-4-8(5-7-23)19-13-21-11(18)9-2-3-10(14(15,16)17)20-12(9)22-13/h2-3,8H,4-7H2,1H3,(H3,18,19,20,21,22). The molecule has 0 atom stereocenters. The number of piperidine rings is 1. The SMILES string of the molecule is CN1CCC(Nc2nc(N)c3ccc(C(F)(F)F)nc3n2)CC1. The number of nitrogens with two attached hydrogens (primary N) is 1. The lowest BCUT2D eigenvalue weighted by molar-refractivity contribution is -0.141. The summed E-state index contributed by atoms with van der Waals surface area (Å²) in [5.41, 5.74) is 4.78. The summed E-state index contributed by atoms with van der Waals surface area (Å²) in [6.07, 6.45) is -2.70. The molecule has 9 heteroatoms. The summed E-state index contributed by atoms with van der Waals surface area (Å²) in [5, 5.41) is 3.45. The molecule has 3 rings (SSSR count). The van der Waals surface area contributed by atoms with E-state index in [2.05, 4.69) is 25.2 Å². The number of anilines is 2. The third-order valence-corrected chi connectivity index (χ3v) is 3.93. The molecule has 0 unspecified atom stereocenters. The first kappa shape index (κ1) is 15.7. The van der Waals surface area contributed by atoms with Gasteiger partial charge in [-0.3, -0.25) is 0 Å². The predicted octanol–water partition coefficient (Wildman–Crippen LogP) is 2.13. The number of nitrogens with zero attached hydrogens (tertiary/aromatic N) is 4. The van der Waals surface area contributed by atoms with Crippen molar-refractivity contribution < 1.29 is 13.2 Å². The van der Waals surface area contributed by atoms with E-state index in [1.807, 2.05) is 7.05 Å². The molecule has 0 aliphatic carbocycles. The van der Waals surface area contributed by atoms with Crippen LogP contribution >= 0.6 is 0 Å². The van der Waals surface area contributed by atoms with Crippen LogP contribution in [0.4, 0.5) is 24.9 Å². The fourth-order valence-electron chi connectivity index (χ4n) is 2.59. The van der Waals surface area contributed by atoms with Crippen LogP contribution < -0.4 is 11.1 Å². The molecule has 2 aromatic heterocycles. The Labute approximate surface area is 130 Å². The molecular weight excluding hydrogens is 309 g/mol. The van der Waals surface area contributed by atoms with Crippen LogP contribution in [-0.4, -0.2) is 46.0 Å². The van der Waals surface area contributed by atoms with Gasteiger partial charge in [0.1, 0.15) is 11.5 Å². The van der Waals surface area contributed by atoms with Crippen molar-refractivity contribution in [1.82, 2.24) is 19.9 Å². The normalized spacial score (nSPS) is 17.6. The molecule has 1 aliphatic rings. The van der Waals surface area contributed by atoms with Gasteiger partial charge in [-0.05, 0) is 45.1 Å². The quantitative estimate of drug-likeness (QED) is 0.880. The molecule has 0 spiro atoms. The van der Waals surface area contributed by atoms with Crippen LogP contribution in [0.15, 0.2) is 12.1 Å². The zero-order chi connectivity index (χ0) is 16.6. The Balaban J connectivity index is 1.89. The van der Waals surface area contributed by atoms with Crippen molar-refractivity contribution >= 4 is 22.8 Å². The summed E-state index contributed by atoms with van der Waals surface area (Å²) >= 11 is 0. The van der Waals surface area contributed by atoms with Crippen LogP contribution in [0.2, 0.25) is 0 Å². The number of hydrogen-bond donors (Lipinski definition) is 2. The average Bonchev–Trinajstić information content (AvgIpc) is 2.48. The largest absolute Gasteiger partial charge is 0.433 e. The molecule has 0 radical (unpaired) electrons. The summed E-state index contributed by atoms with van der Waals surface area (Å²) in [5.74, 6) is 0.336. The number of rotatable bonds is 2. The van der Waals surface area contributed by atoms with Gasteiger partial charge in [-0.25, -0.2) is 4.98 Å². The van der Waals surface area contributed by atoms with E-state index in [0.717, 1.165) is 32.0 Å². The van der Waals surface area contributed by atoms with Gasteiger partial charge in [0.25, 0.3) is 0 Å². The van der Waals surface area contributed by atoms with Gasteiger partial charge in [-0.2, -0.15) is 23.1 Å². The van der Waals surface area contributed by atoms with Gasteiger partial charge in [0, 0.05) is 6.04 Å². The highest BCUT2D eigenvalue weighted by molar-refractivity contribution is 5.86. The van der Waals surface area contributed by atoms with Gasteiger partial charge in [0.2, 0.25) is 5.95 Å². The Morgan fingerprint density at radius 1 is 1.17 bits per heavy atom. The molecule has 2 aromatic rings. The summed E-state index contributed by atoms with van der Waals surface area (Å²) in [6.45, 7) is 1.88. The molecule has 0 aromatic carbocycles. The fraction of sp³-hybridized carbons (Fsp3) is 0.500. The van der Waals surface area contributed by atoms with E-state index >= 15 is 0 Å². The maximum Gasteiger partial charge on any atom is 0.433 e. The number of hydrogen-bond acceptors (Lipinski definition) is 6. The molecule has 124 valence electrons. The zero-order valence-electron chi connectivity index (χ0n) is 12.6. The van der Waals surface area contributed by atoms with Gasteiger partial charge >= 0.3 is 6.18 Å². The zero-order valence-corrected chi connectivity index (χ0v) is 12.6. The Kier molecular flexibility index (Phi) is 3.97. The monoisotopic (exact) mass is 326 g/mol. The van der Waals surface area contributed by atoms with E-state index in [0.29, 0.717) is 5.39 Å². The molecule has 1 aliphatic heterocycles. The van der Waals surface area contributed by atoms with Crippen molar-refractivity contribution in [2.45, 2.75) is 25.1 Å². The molecule has 3 N–H and O–H groups in total. The van der Waals surface area contributed by atoms with Gasteiger partial charge in [-0.1, -0.05) is 0 Å². The molecular formula is C14H17F3N6. The van der Waals surface area contributed by atoms with Crippen LogP contribution in [0.25, 0.3) is 11.0 Å². The summed E-state index contributed by atoms with van der Waals surface area (Å²) in [4.78, 5) is 14.0. The van der Waals surface area contributed by atoms with Crippen molar-refractivity contribution in [1.29, 1.82) is 0 Å². The average molecular weight is 326 g/mol. The van der Waals surface area contributed by atoms with Crippen molar-refractivity contribution in [3.63, 3.8) is 0 Å². The molecule has 0 saturated carbocycles. The van der Waals surface area contributed by atoms with Crippen LogP contribution in [0.3, 0.4) is 0 Å². The smallest absolute Gasteiger partial charge is 0.383 e. The molecule has 6 nitrogen and oxygen atoms in total. The molecule has 0 bridgehead atoms. The lowest BCUT2D eigenvalue weighted by atomic mass is 10.1. The second-order valence-electron chi connectivity index (χ2n) is 5.72. The van der Waals surface area contributed by atoms with Crippen molar-refractivity contribution in [2.24, 2.45) is 0 Å². The first-order chi connectivity index (χ1) is 10.8. The van der Waals surface area contributed by atoms with E-state index in [9.17, 15) is 13.2 Å². The molecule has 3 heterocycles. The first-order valence-electron chi connectivity index (χ1n) is 7.29. The molecule has 23 heavy (non-hydrogen) atoms. The number of alkyl halides is 3. The minimum absolute atomic E-state index is 0.0530. The van der Waals surface area contributed by atoms with Gasteiger partial charge in [0.05, 0.1) is 5.39 Å². The molecule has 1 fully saturated rings. The fourth-order valence-corrected chi connectivity index (χ4v) is 2.59. The van der Waals surface area contributed by atoms with Crippen molar-refractivity contribution in [3.05, 3.63) is 17.8 Å². The van der Waals surface area contributed by atoms with Crippen molar-refractivity contribution in [2.75, 3.05) is 31.2 Å². The third-order valence-electron chi connectivity index (χ3n) is 3.93. The number of aromatic nitrogens is 3. The lowest BCUT2D eigenvalue weighted by Crippen LogP contribution is -2.37. The number of nitrogen functional groups attached to an aromatic ring is 1. The van der Waals surface area contributed by atoms with E-state index < -0.39 is 11.9 Å². The highest BCUT2D eigenvalue weighted by Gasteiger charge is 2.33. The maximum absolute atomic E-state index is 12.8. The van der Waals surface area contributed by atoms with Gasteiger partial charge in [-0.15, -0.1) is 0 Å². The second-order valence-corrected chi connectivity index (χ2v) is 5.72. The van der Waals surface area contributed by atoms with Crippen LogP contribution in [0.1, 0.15) is 18.5 Å². The van der Waals surface area contributed by atoms with E-state index in [1.54, 1.807) is 0 Å². The highest BCUT2D eigenvalue weighted by Crippen LogP contribution is 2.29. The van der Waals surface area contributed by atoms with Gasteiger partial charge in [0.15, 0.2) is 5.65 Å². The minimum Gasteiger partial charge on any atom is -0.383 e. The summed E-state index contributed by atoms with van der Waals surface area (Å²) in [6, 6.07) is 2.31. The number of fused-ring (bicyclic) bond motifs is 1.